The zero-order chi connectivity index (χ0) is 25.2. The zero-order valence-corrected chi connectivity index (χ0v) is 19.0. The number of amides is 2. The molecule has 8 nitrogen and oxygen atoms in total. The van der Waals surface area contributed by atoms with E-state index in [1.807, 2.05) is 0 Å². The van der Waals surface area contributed by atoms with Crippen molar-refractivity contribution >= 4 is 28.9 Å². The Morgan fingerprint density at radius 2 is 1.74 bits per heavy atom. The van der Waals surface area contributed by atoms with Crippen LogP contribution in [0.3, 0.4) is 0 Å². The number of carbonyl (C=O) groups excluding carboxylic acids is 2. The second-order valence-corrected chi connectivity index (χ2v) is 8.06. The van der Waals surface area contributed by atoms with Crippen molar-refractivity contribution < 1.29 is 32.0 Å². The van der Waals surface area contributed by atoms with E-state index in [1.54, 1.807) is 36.9 Å². The van der Waals surface area contributed by atoms with Gasteiger partial charge in [-0.05, 0) is 55.8 Å². The highest BCUT2D eigenvalue weighted by Gasteiger charge is 2.35. The molecular formula is C24H23F3N4O4. The largest absolute Gasteiger partial charge is 0.418 e. The zero-order valence-electron chi connectivity index (χ0n) is 19.0. The van der Waals surface area contributed by atoms with Crippen molar-refractivity contribution in [1.29, 1.82) is 0 Å². The Morgan fingerprint density at radius 3 is 2.37 bits per heavy atom. The van der Waals surface area contributed by atoms with Gasteiger partial charge in [0.1, 0.15) is 11.3 Å². The molecule has 4 rings (SSSR count). The molecule has 0 spiro atoms. The van der Waals surface area contributed by atoms with Crippen molar-refractivity contribution in [2.75, 3.05) is 41.8 Å². The second kappa shape index (κ2) is 9.79. The molecule has 2 N–H and O–H groups in total. The van der Waals surface area contributed by atoms with Crippen LogP contribution in [0.25, 0.3) is 0 Å². The molecule has 1 saturated heterocycles. The van der Waals surface area contributed by atoms with E-state index in [9.17, 15) is 22.8 Å². The Bertz CT molecular complexity index is 1250. The standard InChI is InChI=1S/C24H23F3N4O4/c1-14-11-17(4-6-20(14)30-23(33)18-13-28-35-15(18)2)29-22(32)16-3-5-19(24(25,26)27)21(12-16)31-7-9-34-10-8-31/h3-6,11-13H,7-10H2,1-2H3,(H,29,32)(H,30,33). The number of benzene rings is 2. The third-order valence-corrected chi connectivity index (χ3v) is 5.64. The maximum atomic E-state index is 13.6. The summed E-state index contributed by atoms with van der Waals surface area (Å²) in [6.45, 7) is 4.60. The normalized spacial score (nSPS) is 14.0. The Labute approximate surface area is 199 Å². The molecule has 184 valence electrons. The van der Waals surface area contributed by atoms with E-state index in [-0.39, 0.29) is 17.2 Å². The van der Waals surface area contributed by atoms with Crippen LogP contribution < -0.4 is 15.5 Å². The van der Waals surface area contributed by atoms with Gasteiger partial charge in [0.05, 0.1) is 25.0 Å². The molecule has 0 radical (unpaired) electrons. The molecule has 0 bridgehead atoms. The maximum absolute atomic E-state index is 13.6. The maximum Gasteiger partial charge on any atom is 0.418 e. The predicted octanol–water partition coefficient (Wildman–Crippen LogP) is 4.65. The van der Waals surface area contributed by atoms with E-state index in [4.69, 9.17) is 9.26 Å². The lowest BCUT2D eigenvalue weighted by molar-refractivity contribution is -0.137. The Kier molecular flexibility index (Phi) is 6.79. The number of hydrogen-bond donors (Lipinski definition) is 2. The van der Waals surface area contributed by atoms with Gasteiger partial charge in [0.25, 0.3) is 11.8 Å². The van der Waals surface area contributed by atoms with Crippen LogP contribution in [-0.4, -0.2) is 43.3 Å². The first-order chi connectivity index (χ1) is 16.6. The van der Waals surface area contributed by atoms with E-state index in [2.05, 4.69) is 15.8 Å². The predicted molar refractivity (Wildman–Crippen MR) is 123 cm³/mol. The van der Waals surface area contributed by atoms with Crippen LogP contribution >= 0.6 is 0 Å². The fraction of sp³-hybridized carbons (Fsp3) is 0.292. The van der Waals surface area contributed by atoms with Gasteiger partial charge in [0, 0.05) is 35.7 Å². The number of rotatable bonds is 5. The molecule has 3 aromatic rings. The lowest BCUT2D eigenvalue weighted by Crippen LogP contribution is -2.37. The summed E-state index contributed by atoms with van der Waals surface area (Å²) in [6.07, 6.45) is -3.23. The third kappa shape index (κ3) is 5.46. The molecule has 1 aliphatic rings. The number of carbonyl (C=O) groups is 2. The molecule has 2 heterocycles. The number of alkyl halides is 3. The SMILES string of the molecule is Cc1cc(NC(=O)c2ccc(C(F)(F)F)c(N3CCOCC3)c2)ccc1NC(=O)c1cnoc1C. The molecule has 0 saturated carbocycles. The van der Waals surface area contributed by atoms with E-state index in [0.717, 1.165) is 12.1 Å². The third-order valence-electron chi connectivity index (χ3n) is 5.64. The van der Waals surface area contributed by atoms with Crippen LogP contribution in [0, 0.1) is 13.8 Å². The summed E-state index contributed by atoms with van der Waals surface area (Å²) in [5, 5.41) is 9.04. The van der Waals surface area contributed by atoms with E-state index < -0.39 is 17.6 Å². The molecule has 2 aromatic carbocycles. The fourth-order valence-electron chi connectivity index (χ4n) is 3.77. The summed E-state index contributed by atoms with van der Waals surface area (Å²) in [6, 6.07) is 8.21. The molecule has 1 aliphatic heterocycles. The average molecular weight is 488 g/mol. The lowest BCUT2D eigenvalue weighted by Gasteiger charge is -2.31. The summed E-state index contributed by atoms with van der Waals surface area (Å²) in [5.74, 6) is -0.550. The molecule has 1 fully saturated rings. The van der Waals surface area contributed by atoms with Gasteiger partial charge in [-0.1, -0.05) is 5.16 Å². The Balaban J connectivity index is 1.51. The van der Waals surface area contributed by atoms with Gasteiger partial charge in [0.2, 0.25) is 0 Å². The molecule has 0 unspecified atom stereocenters. The quantitative estimate of drug-likeness (QED) is 0.543. The van der Waals surface area contributed by atoms with Gasteiger partial charge in [-0.2, -0.15) is 13.2 Å². The van der Waals surface area contributed by atoms with Crippen molar-refractivity contribution in [1.82, 2.24) is 5.16 Å². The monoisotopic (exact) mass is 488 g/mol. The van der Waals surface area contributed by atoms with Gasteiger partial charge < -0.3 is 24.8 Å². The highest BCUT2D eigenvalue weighted by Crippen LogP contribution is 2.37. The molecule has 11 heteroatoms. The van der Waals surface area contributed by atoms with Gasteiger partial charge in [-0.3, -0.25) is 9.59 Å². The average Bonchev–Trinajstić information content (AvgIpc) is 3.26. The van der Waals surface area contributed by atoms with E-state index in [0.29, 0.717) is 54.6 Å². The number of morpholine rings is 1. The summed E-state index contributed by atoms with van der Waals surface area (Å²) in [5.41, 5.74) is 1.18. The highest BCUT2D eigenvalue weighted by atomic mass is 19.4. The topological polar surface area (TPSA) is 96.7 Å². The minimum Gasteiger partial charge on any atom is -0.378 e. The minimum absolute atomic E-state index is 0.0493. The van der Waals surface area contributed by atoms with E-state index >= 15 is 0 Å². The van der Waals surface area contributed by atoms with E-state index in [1.165, 1.54) is 12.3 Å². The fourth-order valence-corrected chi connectivity index (χ4v) is 3.77. The highest BCUT2D eigenvalue weighted by molar-refractivity contribution is 6.06. The Hall–Kier alpha value is -3.86. The summed E-state index contributed by atoms with van der Waals surface area (Å²) in [7, 11) is 0. The van der Waals surface area contributed by atoms with Crippen molar-refractivity contribution in [3.05, 3.63) is 70.6 Å². The van der Waals surface area contributed by atoms with Crippen molar-refractivity contribution in [2.45, 2.75) is 20.0 Å². The number of nitrogens with one attached hydrogen (secondary N) is 2. The van der Waals surface area contributed by atoms with Crippen molar-refractivity contribution in [2.24, 2.45) is 0 Å². The van der Waals surface area contributed by atoms with Crippen LogP contribution in [-0.2, 0) is 10.9 Å². The van der Waals surface area contributed by atoms with Crippen LogP contribution in [0.2, 0.25) is 0 Å². The number of ether oxygens (including phenoxy) is 1. The van der Waals surface area contributed by atoms with Gasteiger partial charge in [-0.25, -0.2) is 0 Å². The molecule has 0 atom stereocenters. The number of hydrogen-bond acceptors (Lipinski definition) is 6. The molecule has 35 heavy (non-hydrogen) atoms. The number of nitrogens with zero attached hydrogens (tertiary/aromatic N) is 2. The van der Waals surface area contributed by atoms with Crippen LogP contribution in [0.5, 0.6) is 0 Å². The van der Waals surface area contributed by atoms with Crippen LogP contribution in [0.1, 0.15) is 37.6 Å². The summed E-state index contributed by atoms with van der Waals surface area (Å²) in [4.78, 5) is 26.8. The second-order valence-electron chi connectivity index (χ2n) is 8.06. The Morgan fingerprint density at radius 1 is 1.00 bits per heavy atom. The first kappa shape index (κ1) is 24.3. The van der Waals surface area contributed by atoms with Gasteiger partial charge >= 0.3 is 6.18 Å². The van der Waals surface area contributed by atoms with Gasteiger partial charge in [-0.15, -0.1) is 0 Å². The molecular weight excluding hydrogens is 465 g/mol. The molecule has 2 amide bonds. The smallest absolute Gasteiger partial charge is 0.378 e. The number of anilines is 3. The lowest BCUT2D eigenvalue weighted by atomic mass is 10.1. The minimum atomic E-state index is -4.55. The van der Waals surface area contributed by atoms with Crippen molar-refractivity contribution in [3.8, 4) is 0 Å². The van der Waals surface area contributed by atoms with Gasteiger partial charge in [0.15, 0.2) is 0 Å². The van der Waals surface area contributed by atoms with Crippen LogP contribution in [0.15, 0.2) is 47.1 Å². The van der Waals surface area contributed by atoms with Crippen LogP contribution in [0.4, 0.5) is 30.2 Å². The number of halogens is 3. The molecule has 1 aromatic heterocycles. The number of aromatic nitrogens is 1. The summed E-state index contributed by atoms with van der Waals surface area (Å²) < 4.78 is 50.9. The number of aryl methyl sites for hydroxylation is 2. The first-order valence-corrected chi connectivity index (χ1v) is 10.8. The first-order valence-electron chi connectivity index (χ1n) is 10.8. The summed E-state index contributed by atoms with van der Waals surface area (Å²) >= 11 is 0. The van der Waals surface area contributed by atoms with Crippen molar-refractivity contribution in [3.63, 3.8) is 0 Å². The molecule has 0 aliphatic carbocycles.